The lowest BCUT2D eigenvalue weighted by Crippen LogP contribution is -2.29. The Bertz CT molecular complexity index is 956. The van der Waals surface area contributed by atoms with Gasteiger partial charge in [0.1, 0.15) is 11.5 Å². The topological polar surface area (TPSA) is 67.8 Å². The van der Waals surface area contributed by atoms with Gasteiger partial charge in [-0.3, -0.25) is 4.79 Å². The summed E-state index contributed by atoms with van der Waals surface area (Å²) < 4.78 is 10.9. The van der Waals surface area contributed by atoms with Crippen molar-refractivity contribution in [3.8, 4) is 23.0 Å². The van der Waals surface area contributed by atoms with Gasteiger partial charge < -0.3 is 19.9 Å². The second-order valence-corrected chi connectivity index (χ2v) is 6.76. The summed E-state index contributed by atoms with van der Waals surface area (Å²) in [5.41, 5.74) is 1.81. The summed E-state index contributed by atoms with van der Waals surface area (Å²) in [5.74, 6) is 1.62. The zero-order valence-corrected chi connectivity index (χ0v) is 16.6. The molecule has 0 spiro atoms. The van der Waals surface area contributed by atoms with Gasteiger partial charge in [0, 0.05) is 6.54 Å². The van der Waals surface area contributed by atoms with Crippen molar-refractivity contribution in [2.75, 3.05) is 13.7 Å². The van der Waals surface area contributed by atoms with Crippen LogP contribution in [0.4, 0.5) is 0 Å². The minimum Gasteiger partial charge on any atom is -0.504 e. The number of benzene rings is 3. The van der Waals surface area contributed by atoms with E-state index in [1.807, 2.05) is 67.6 Å². The van der Waals surface area contributed by atoms with Crippen molar-refractivity contribution in [3.63, 3.8) is 0 Å². The number of phenolic OH excluding ortho intramolecular Hbond substituents is 1. The molecule has 150 valence electrons. The number of methoxy groups -OCH3 is 1. The molecule has 29 heavy (non-hydrogen) atoms. The Kier molecular flexibility index (Phi) is 6.74. The molecule has 0 aliphatic rings. The minimum atomic E-state index is -0.307. The normalized spacial score (nSPS) is 11.5. The molecule has 0 bridgehead atoms. The Labute approximate surface area is 170 Å². The first kappa shape index (κ1) is 20.3. The molecule has 0 saturated heterocycles. The van der Waals surface area contributed by atoms with Crippen LogP contribution in [-0.4, -0.2) is 24.7 Å². The van der Waals surface area contributed by atoms with E-state index in [1.165, 1.54) is 7.11 Å². The summed E-state index contributed by atoms with van der Waals surface area (Å²) in [6.45, 7) is 2.35. The van der Waals surface area contributed by atoms with Crippen LogP contribution in [0.2, 0.25) is 0 Å². The van der Waals surface area contributed by atoms with Gasteiger partial charge in [-0.05, 0) is 60.9 Å². The van der Waals surface area contributed by atoms with Crippen LogP contribution >= 0.6 is 0 Å². The van der Waals surface area contributed by atoms with Crippen LogP contribution in [0.5, 0.6) is 23.0 Å². The summed E-state index contributed by atoms with van der Waals surface area (Å²) in [6.07, 6.45) is 0.618. The third kappa shape index (κ3) is 5.51. The van der Waals surface area contributed by atoms with Crippen molar-refractivity contribution in [2.45, 2.75) is 19.3 Å². The van der Waals surface area contributed by atoms with Crippen LogP contribution in [0.25, 0.3) is 0 Å². The Balaban J connectivity index is 1.56. The molecule has 0 fully saturated rings. The second-order valence-electron chi connectivity index (χ2n) is 6.76. The summed E-state index contributed by atoms with van der Waals surface area (Å²) in [6, 6.07) is 22.3. The molecule has 0 unspecified atom stereocenters. The van der Waals surface area contributed by atoms with Crippen molar-refractivity contribution in [2.24, 2.45) is 0 Å². The molecule has 0 heterocycles. The zero-order valence-electron chi connectivity index (χ0n) is 16.6. The zero-order chi connectivity index (χ0) is 20.6. The van der Waals surface area contributed by atoms with E-state index in [0.29, 0.717) is 24.5 Å². The molecule has 2 N–H and O–H groups in total. The summed E-state index contributed by atoms with van der Waals surface area (Å²) in [5, 5.41) is 12.8. The summed E-state index contributed by atoms with van der Waals surface area (Å²) in [4.78, 5) is 12.5. The van der Waals surface area contributed by atoms with Gasteiger partial charge >= 0.3 is 0 Å². The SMILES string of the molecule is COc1ccc(CCNC(=O)[C@@H](C)c2cccc(Oc3ccccc3)c2)cc1O. The Morgan fingerprint density at radius 1 is 1.00 bits per heavy atom. The number of aromatic hydroxyl groups is 1. The maximum atomic E-state index is 12.5. The smallest absolute Gasteiger partial charge is 0.227 e. The van der Waals surface area contributed by atoms with Gasteiger partial charge in [-0.1, -0.05) is 36.4 Å². The predicted molar refractivity (Wildman–Crippen MR) is 113 cm³/mol. The van der Waals surface area contributed by atoms with Gasteiger partial charge in [-0.25, -0.2) is 0 Å². The Morgan fingerprint density at radius 3 is 2.48 bits per heavy atom. The average Bonchev–Trinajstić information content (AvgIpc) is 2.74. The van der Waals surface area contributed by atoms with E-state index in [9.17, 15) is 9.90 Å². The highest BCUT2D eigenvalue weighted by Gasteiger charge is 2.15. The van der Waals surface area contributed by atoms with Gasteiger partial charge in [0.05, 0.1) is 13.0 Å². The van der Waals surface area contributed by atoms with Crippen molar-refractivity contribution in [3.05, 3.63) is 83.9 Å². The van der Waals surface area contributed by atoms with E-state index >= 15 is 0 Å². The number of carbonyl (C=O) groups excluding carboxylic acids is 1. The number of nitrogens with one attached hydrogen (secondary N) is 1. The fourth-order valence-electron chi connectivity index (χ4n) is 3.00. The second kappa shape index (κ2) is 9.64. The van der Waals surface area contributed by atoms with E-state index in [4.69, 9.17) is 9.47 Å². The number of rotatable bonds is 8. The van der Waals surface area contributed by atoms with E-state index in [0.717, 1.165) is 16.9 Å². The number of amides is 1. The van der Waals surface area contributed by atoms with Gasteiger partial charge in [-0.15, -0.1) is 0 Å². The third-order valence-electron chi connectivity index (χ3n) is 4.69. The van der Waals surface area contributed by atoms with Crippen molar-refractivity contribution >= 4 is 5.91 Å². The number of hydrogen-bond donors (Lipinski definition) is 2. The molecule has 3 aromatic rings. The first-order chi connectivity index (χ1) is 14.1. The maximum absolute atomic E-state index is 12.5. The van der Waals surface area contributed by atoms with Crippen molar-refractivity contribution in [1.29, 1.82) is 0 Å². The molecule has 3 aromatic carbocycles. The van der Waals surface area contributed by atoms with Crippen molar-refractivity contribution < 1.29 is 19.4 Å². The molecule has 5 nitrogen and oxygen atoms in total. The van der Waals surface area contributed by atoms with Crippen molar-refractivity contribution in [1.82, 2.24) is 5.32 Å². The summed E-state index contributed by atoms with van der Waals surface area (Å²) in [7, 11) is 1.51. The van der Waals surface area contributed by atoms with Crippen LogP contribution in [0.3, 0.4) is 0 Å². The first-order valence-corrected chi connectivity index (χ1v) is 9.53. The maximum Gasteiger partial charge on any atom is 0.227 e. The van der Waals surface area contributed by atoms with Crippen LogP contribution in [0, 0.1) is 0 Å². The van der Waals surface area contributed by atoms with Gasteiger partial charge in [0.2, 0.25) is 5.91 Å². The van der Waals surface area contributed by atoms with Gasteiger partial charge in [-0.2, -0.15) is 0 Å². The number of para-hydroxylation sites is 1. The lowest BCUT2D eigenvalue weighted by atomic mass is 10.00. The Morgan fingerprint density at radius 2 is 1.76 bits per heavy atom. The molecular formula is C24H25NO4. The first-order valence-electron chi connectivity index (χ1n) is 9.53. The highest BCUT2D eigenvalue weighted by molar-refractivity contribution is 5.83. The van der Waals surface area contributed by atoms with Gasteiger partial charge in [0.25, 0.3) is 0 Å². The molecule has 0 saturated carbocycles. The van der Waals surface area contributed by atoms with E-state index in [-0.39, 0.29) is 17.6 Å². The predicted octanol–water partition coefficient (Wildman–Crippen LogP) is 4.66. The lowest BCUT2D eigenvalue weighted by molar-refractivity contribution is -0.122. The van der Waals surface area contributed by atoms with Crippen LogP contribution in [0.15, 0.2) is 72.8 Å². The van der Waals surface area contributed by atoms with Crippen LogP contribution in [-0.2, 0) is 11.2 Å². The fourth-order valence-corrected chi connectivity index (χ4v) is 3.00. The number of carbonyl (C=O) groups is 1. The Hall–Kier alpha value is -3.47. The molecular weight excluding hydrogens is 366 g/mol. The molecule has 0 aromatic heterocycles. The fraction of sp³-hybridized carbons (Fsp3) is 0.208. The van der Waals surface area contributed by atoms with Crippen LogP contribution in [0.1, 0.15) is 24.0 Å². The highest BCUT2D eigenvalue weighted by Crippen LogP contribution is 2.27. The van der Waals surface area contributed by atoms with E-state index in [2.05, 4.69) is 5.32 Å². The molecule has 3 rings (SSSR count). The molecule has 0 radical (unpaired) electrons. The highest BCUT2D eigenvalue weighted by atomic mass is 16.5. The molecule has 1 amide bonds. The van der Waals surface area contributed by atoms with Gasteiger partial charge in [0.15, 0.2) is 11.5 Å². The quantitative estimate of drug-likeness (QED) is 0.586. The average molecular weight is 391 g/mol. The molecule has 0 aliphatic heterocycles. The standard InChI is InChI=1S/C24H25NO4/c1-17(19-7-6-10-21(16-19)29-20-8-4-3-5-9-20)24(27)25-14-13-18-11-12-23(28-2)22(26)15-18/h3-12,15-17,26H,13-14H2,1-2H3,(H,25,27)/t17-/m0/s1. The van der Waals surface area contributed by atoms with E-state index < -0.39 is 0 Å². The van der Waals surface area contributed by atoms with Crippen LogP contribution < -0.4 is 14.8 Å². The number of hydrogen-bond acceptors (Lipinski definition) is 4. The lowest BCUT2D eigenvalue weighted by Gasteiger charge is -2.14. The summed E-state index contributed by atoms with van der Waals surface area (Å²) >= 11 is 0. The molecule has 1 atom stereocenters. The third-order valence-corrected chi connectivity index (χ3v) is 4.69. The van der Waals surface area contributed by atoms with E-state index in [1.54, 1.807) is 12.1 Å². The number of phenols is 1. The minimum absolute atomic E-state index is 0.0559. The molecule has 0 aliphatic carbocycles. The number of ether oxygens (including phenoxy) is 2. The monoisotopic (exact) mass is 391 g/mol. The largest absolute Gasteiger partial charge is 0.504 e. The molecule has 5 heteroatoms.